The maximum absolute atomic E-state index is 13.1. The van der Waals surface area contributed by atoms with Gasteiger partial charge in [-0.2, -0.15) is 0 Å². The minimum absolute atomic E-state index is 0.0384. The number of carbonyl (C=O) groups is 2. The Labute approximate surface area is 180 Å². The average molecular weight is 426 g/mol. The van der Waals surface area contributed by atoms with Crippen LogP contribution < -0.4 is 4.74 Å². The number of Topliss-reactive ketones (excluding diaryl/α,β-unsaturated/α-hetero) is 1. The third-order valence-corrected chi connectivity index (χ3v) is 5.70. The molecule has 0 radical (unpaired) electrons. The first-order valence-corrected chi connectivity index (χ1v) is 10.4. The molecule has 4 rings (SSSR count). The Morgan fingerprint density at radius 3 is 2.55 bits per heavy atom. The van der Waals surface area contributed by atoms with E-state index in [1.807, 2.05) is 0 Å². The van der Waals surface area contributed by atoms with Crippen LogP contribution in [0.4, 0.5) is 0 Å². The Kier molecular flexibility index (Phi) is 6.39. The number of ether oxygens (including phenoxy) is 2. The van der Waals surface area contributed by atoms with Crippen LogP contribution in [0.1, 0.15) is 28.6 Å². The van der Waals surface area contributed by atoms with Gasteiger partial charge in [0.2, 0.25) is 5.78 Å². The standard InChI is InChI=1S/C23H26N2O6/c1-29-17-7-5-16(6-8-17)20-19(21(26)18-4-2-13-31-18)22(27)23(28)25(20)10-3-9-24-11-14-30-15-12-24/h2,4-8,13,20,27H,3,9-12,14-15H2,1H3/t20-/m1/s1. The van der Waals surface area contributed by atoms with Crippen LogP contribution in [0.3, 0.4) is 0 Å². The summed E-state index contributed by atoms with van der Waals surface area (Å²) < 4.78 is 15.8. The lowest BCUT2D eigenvalue weighted by Crippen LogP contribution is -2.39. The first kappa shape index (κ1) is 21.1. The van der Waals surface area contributed by atoms with Crippen molar-refractivity contribution in [1.82, 2.24) is 9.80 Å². The molecule has 0 spiro atoms. The van der Waals surface area contributed by atoms with E-state index in [1.54, 1.807) is 42.3 Å². The van der Waals surface area contributed by atoms with Crippen molar-refractivity contribution in [3.05, 3.63) is 65.3 Å². The number of hydrogen-bond donors (Lipinski definition) is 1. The van der Waals surface area contributed by atoms with Gasteiger partial charge >= 0.3 is 0 Å². The molecule has 3 heterocycles. The van der Waals surface area contributed by atoms with Crippen LogP contribution in [0, 0.1) is 0 Å². The molecule has 1 N–H and O–H groups in total. The average Bonchev–Trinajstić information content (AvgIpc) is 3.43. The number of hydrogen-bond acceptors (Lipinski definition) is 7. The maximum Gasteiger partial charge on any atom is 0.290 e. The highest BCUT2D eigenvalue weighted by Crippen LogP contribution is 2.39. The zero-order valence-electron chi connectivity index (χ0n) is 17.5. The lowest BCUT2D eigenvalue weighted by molar-refractivity contribution is -0.129. The Morgan fingerprint density at radius 1 is 1.16 bits per heavy atom. The lowest BCUT2D eigenvalue weighted by atomic mass is 9.95. The number of aliphatic hydroxyl groups excluding tert-OH is 1. The minimum atomic E-state index is -0.694. The van der Waals surface area contributed by atoms with Gasteiger partial charge in [-0.1, -0.05) is 12.1 Å². The molecule has 164 valence electrons. The van der Waals surface area contributed by atoms with Gasteiger partial charge in [-0.3, -0.25) is 14.5 Å². The maximum atomic E-state index is 13.1. The van der Waals surface area contributed by atoms with Crippen molar-refractivity contribution in [3.8, 4) is 5.75 Å². The van der Waals surface area contributed by atoms with Crippen molar-refractivity contribution in [2.75, 3.05) is 46.5 Å². The second-order valence-electron chi connectivity index (χ2n) is 7.55. The summed E-state index contributed by atoms with van der Waals surface area (Å²) in [6.45, 7) is 4.36. The summed E-state index contributed by atoms with van der Waals surface area (Å²) >= 11 is 0. The van der Waals surface area contributed by atoms with Gasteiger partial charge in [0, 0.05) is 26.2 Å². The molecule has 1 aromatic carbocycles. The Balaban J connectivity index is 1.59. The zero-order chi connectivity index (χ0) is 21.8. The Bertz CT molecular complexity index is 945. The fraction of sp³-hybridized carbons (Fsp3) is 0.391. The van der Waals surface area contributed by atoms with Crippen molar-refractivity contribution in [2.24, 2.45) is 0 Å². The molecule has 2 aliphatic heterocycles. The van der Waals surface area contributed by atoms with Crippen LogP contribution in [-0.2, 0) is 9.53 Å². The number of nitrogens with zero attached hydrogens (tertiary/aromatic N) is 2. The Hall–Kier alpha value is -3.10. The molecule has 8 heteroatoms. The SMILES string of the molecule is COc1ccc([C@@H]2C(C(=O)c3ccco3)=C(O)C(=O)N2CCCN2CCOCC2)cc1. The third-order valence-electron chi connectivity index (χ3n) is 5.70. The lowest BCUT2D eigenvalue weighted by Gasteiger charge is -2.30. The van der Waals surface area contributed by atoms with Crippen LogP contribution in [-0.4, -0.2) is 73.1 Å². The number of furan rings is 1. The van der Waals surface area contributed by atoms with Gasteiger partial charge < -0.3 is 23.9 Å². The van der Waals surface area contributed by atoms with E-state index in [1.165, 1.54) is 12.3 Å². The smallest absolute Gasteiger partial charge is 0.290 e. The molecule has 1 aromatic heterocycles. The normalized spacial score (nSPS) is 19.8. The summed E-state index contributed by atoms with van der Waals surface area (Å²) in [6, 6.07) is 9.59. The minimum Gasteiger partial charge on any atom is -0.503 e. The highest BCUT2D eigenvalue weighted by atomic mass is 16.5. The highest BCUT2D eigenvalue weighted by Gasteiger charge is 2.44. The molecule has 1 atom stereocenters. The van der Waals surface area contributed by atoms with Crippen LogP contribution in [0.15, 0.2) is 58.4 Å². The zero-order valence-corrected chi connectivity index (χ0v) is 17.5. The van der Waals surface area contributed by atoms with Gasteiger partial charge in [-0.15, -0.1) is 0 Å². The summed E-state index contributed by atoms with van der Waals surface area (Å²) in [4.78, 5) is 29.9. The molecule has 8 nitrogen and oxygen atoms in total. The predicted molar refractivity (Wildman–Crippen MR) is 112 cm³/mol. The molecule has 2 aromatic rings. The molecule has 0 unspecified atom stereocenters. The fourth-order valence-electron chi connectivity index (χ4n) is 4.08. The number of rotatable bonds is 8. The number of benzene rings is 1. The van der Waals surface area contributed by atoms with Crippen molar-refractivity contribution in [3.63, 3.8) is 0 Å². The molecule has 2 aliphatic rings. The van der Waals surface area contributed by atoms with Crippen molar-refractivity contribution in [2.45, 2.75) is 12.5 Å². The highest BCUT2D eigenvalue weighted by molar-refractivity contribution is 6.15. The van der Waals surface area contributed by atoms with E-state index in [0.29, 0.717) is 31.9 Å². The second kappa shape index (κ2) is 9.36. The molecule has 1 amide bonds. The van der Waals surface area contributed by atoms with Crippen LogP contribution in [0.25, 0.3) is 0 Å². The van der Waals surface area contributed by atoms with Gasteiger partial charge in [0.1, 0.15) is 5.75 Å². The first-order valence-electron chi connectivity index (χ1n) is 10.4. The van der Waals surface area contributed by atoms with E-state index in [9.17, 15) is 14.7 Å². The summed E-state index contributed by atoms with van der Waals surface area (Å²) in [7, 11) is 1.57. The van der Waals surface area contributed by atoms with E-state index in [2.05, 4.69) is 4.90 Å². The molecule has 1 fully saturated rings. The number of amides is 1. The summed E-state index contributed by atoms with van der Waals surface area (Å²) in [5.74, 6) is -0.805. The van der Waals surface area contributed by atoms with Gasteiger partial charge in [0.05, 0.1) is 38.2 Å². The van der Waals surface area contributed by atoms with E-state index in [4.69, 9.17) is 13.9 Å². The fourth-order valence-corrected chi connectivity index (χ4v) is 4.08. The molecule has 0 aliphatic carbocycles. The molecular weight excluding hydrogens is 400 g/mol. The van der Waals surface area contributed by atoms with E-state index in [0.717, 1.165) is 25.2 Å². The van der Waals surface area contributed by atoms with E-state index < -0.39 is 23.5 Å². The van der Waals surface area contributed by atoms with E-state index in [-0.39, 0.29) is 11.3 Å². The van der Waals surface area contributed by atoms with Gasteiger partial charge in [-0.05, 0) is 36.2 Å². The van der Waals surface area contributed by atoms with Crippen LogP contribution in [0.2, 0.25) is 0 Å². The summed E-state index contributed by atoms with van der Waals surface area (Å²) in [5, 5.41) is 10.7. The molecule has 0 saturated carbocycles. The largest absolute Gasteiger partial charge is 0.503 e. The monoisotopic (exact) mass is 426 g/mol. The van der Waals surface area contributed by atoms with Crippen molar-refractivity contribution >= 4 is 11.7 Å². The van der Waals surface area contributed by atoms with Crippen molar-refractivity contribution in [1.29, 1.82) is 0 Å². The topological polar surface area (TPSA) is 92.5 Å². The summed E-state index contributed by atoms with van der Waals surface area (Å²) in [5.41, 5.74) is 0.760. The number of carbonyl (C=O) groups excluding carboxylic acids is 2. The summed E-state index contributed by atoms with van der Waals surface area (Å²) in [6.07, 6.45) is 2.11. The quantitative estimate of drug-likeness (QED) is 0.649. The third kappa shape index (κ3) is 4.35. The van der Waals surface area contributed by atoms with Crippen LogP contribution >= 0.6 is 0 Å². The van der Waals surface area contributed by atoms with Gasteiger partial charge in [0.25, 0.3) is 5.91 Å². The van der Waals surface area contributed by atoms with E-state index >= 15 is 0 Å². The first-order chi connectivity index (χ1) is 15.1. The molecule has 1 saturated heterocycles. The number of morpholine rings is 1. The number of methoxy groups -OCH3 is 1. The Morgan fingerprint density at radius 2 is 1.90 bits per heavy atom. The van der Waals surface area contributed by atoms with Crippen LogP contribution in [0.5, 0.6) is 5.75 Å². The number of aliphatic hydroxyl groups is 1. The molecular formula is C23H26N2O6. The predicted octanol–water partition coefficient (Wildman–Crippen LogP) is 2.59. The number of ketones is 1. The van der Waals surface area contributed by atoms with Gasteiger partial charge in [-0.25, -0.2) is 0 Å². The molecule has 0 bridgehead atoms. The van der Waals surface area contributed by atoms with Crippen molar-refractivity contribution < 1.29 is 28.6 Å². The van der Waals surface area contributed by atoms with Gasteiger partial charge in [0.15, 0.2) is 11.5 Å². The molecule has 31 heavy (non-hydrogen) atoms. The second-order valence-corrected chi connectivity index (χ2v) is 7.55.